The molecule has 0 saturated carbocycles. The average molecular weight is 445 g/mol. The van der Waals surface area contributed by atoms with Crippen molar-refractivity contribution < 1.29 is 13.6 Å². The molecule has 0 amide bonds. The molecular weight excluding hydrogens is 418 g/mol. The highest BCUT2D eigenvalue weighted by atomic mass is 79.9. The predicted octanol–water partition coefficient (Wildman–Crippen LogP) is 4.50. The van der Waals surface area contributed by atoms with Gasteiger partial charge in [0.15, 0.2) is 0 Å². The highest BCUT2D eigenvalue weighted by molar-refractivity contribution is 9.10. The summed E-state index contributed by atoms with van der Waals surface area (Å²) in [5.41, 5.74) is 3.00. The number of aromatic nitrogens is 2. The van der Waals surface area contributed by atoms with Crippen molar-refractivity contribution in [3.8, 4) is 0 Å². The van der Waals surface area contributed by atoms with Gasteiger partial charge in [0, 0.05) is 39.4 Å². The molecule has 0 bridgehead atoms. The standard InChI is InChI=1S/C22H24BrN3O2/c1-25-18(13-19-20(23)7-10-24-21(19)25)14-26-11-8-16(9-12-26)15-3-5-17(6-4-15)22(27)28-2/h3-7,10,13,16H,8-9,11-12,14H2,1-2H3/i1D3. The Morgan fingerprint density at radius 1 is 1.29 bits per heavy atom. The molecule has 1 fully saturated rings. The molecule has 1 aliphatic heterocycles. The largest absolute Gasteiger partial charge is 0.465 e. The van der Waals surface area contributed by atoms with Crippen molar-refractivity contribution >= 4 is 32.9 Å². The number of pyridine rings is 1. The summed E-state index contributed by atoms with van der Waals surface area (Å²) >= 11 is 3.51. The maximum Gasteiger partial charge on any atom is 0.337 e. The molecule has 146 valence electrons. The number of halogens is 1. The second-order valence-electron chi connectivity index (χ2n) is 7.17. The minimum atomic E-state index is -2.29. The van der Waals surface area contributed by atoms with Crippen molar-refractivity contribution in [1.82, 2.24) is 14.5 Å². The Hall–Kier alpha value is -2.18. The summed E-state index contributed by atoms with van der Waals surface area (Å²) in [6.07, 6.45) is 3.58. The Labute approximate surface area is 177 Å². The zero-order valence-corrected chi connectivity index (χ0v) is 17.3. The van der Waals surface area contributed by atoms with Gasteiger partial charge < -0.3 is 9.30 Å². The molecule has 0 N–H and O–H groups in total. The third-order valence-electron chi connectivity index (χ3n) is 5.50. The van der Waals surface area contributed by atoms with Crippen LogP contribution in [0, 0.1) is 0 Å². The summed E-state index contributed by atoms with van der Waals surface area (Å²) < 4.78 is 31.0. The van der Waals surface area contributed by atoms with Crippen LogP contribution in [0.2, 0.25) is 0 Å². The second kappa shape index (κ2) is 8.05. The lowest BCUT2D eigenvalue weighted by atomic mass is 9.89. The Kier molecular flexibility index (Phi) is 4.52. The molecule has 0 atom stereocenters. The maximum atomic E-state index is 11.6. The van der Waals surface area contributed by atoms with Crippen LogP contribution in [0.15, 0.2) is 47.1 Å². The number of ether oxygens (including phenoxy) is 1. The highest BCUT2D eigenvalue weighted by Crippen LogP contribution is 2.30. The van der Waals surface area contributed by atoms with Gasteiger partial charge >= 0.3 is 5.97 Å². The van der Waals surface area contributed by atoms with E-state index in [-0.39, 0.29) is 5.97 Å². The highest BCUT2D eigenvalue weighted by Gasteiger charge is 2.22. The molecule has 6 heteroatoms. The van der Waals surface area contributed by atoms with E-state index in [1.165, 1.54) is 17.2 Å². The number of hydrogen-bond acceptors (Lipinski definition) is 4. The van der Waals surface area contributed by atoms with Crippen LogP contribution >= 0.6 is 15.9 Å². The van der Waals surface area contributed by atoms with Gasteiger partial charge in [-0.2, -0.15) is 0 Å². The van der Waals surface area contributed by atoms with Crippen LogP contribution < -0.4 is 0 Å². The summed E-state index contributed by atoms with van der Waals surface area (Å²) in [6, 6.07) is 11.4. The minimum Gasteiger partial charge on any atom is -0.465 e. The zero-order valence-electron chi connectivity index (χ0n) is 18.7. The minimum absolute atomic E-state index is 0.327. The number of likely N-dealkylation sites (tertiary alicyclic amines) is 1. The van der Waals surface area contributed by atoms with Gasteiger partial charge in [0.2, 0.25) is 0 Å². The molecule has 1 aliphatic rings. The number of fused-ring (bicyclic) bond motifs is 1. The maximum absolute atomic E-state index is 11.6. The molecule has 0 unspecified atom stereocenters. The van der Waals surface area contributed by atoms with Crippen LogP contribution in [-0.4, -0.2) is 40.6 Å². The Morgan fingerprint density at radius 2 is 2.04 bits per heavy atom. The van der Waals surface area contributed by atoms with E-state index in [4.69, 9.17) is 8.85 Å². The van der Waals surface area contributed by atoms with E-state index in [9.17, 15) is 4.79 Å². The summed E-state index contributed by atoms with van der Waals surface area (Å²) in [5, 5.41) is 0.814. The topological polar surface area (TPSA) is 47.4 Å². The number of methoxy groups -OCH3 is 1. The van der Waals surface area contributed by atoms with E-state index in [2.05, 4.69) is 25.8 Å². The number of piperidine rings is 1. The van der Waals surface area contributed by atoms with Crippen molar-refractivity contribution in [2.75, 3.05) is 20.2 Å². The van der Waals surface area contributed by atoms with Crippen LogP contribution in [-0.2, 0) is 18.3 Å². The summed E-state index contributed by atoms with van der Waals surface area (Å²) in [5.74, 6) is 0.0966. The van der Waals surface area contributed by atoms with Crippen LogP contribution in [0.5, 0.6) is 0 Å². The molecule has 0 spiro atoms. The molecule has 5 nitrogen and oxygen atoms in total. The van der Waals surface area contributed by atoms with Crippen LogP contribution in [0.4, 0.5) is 0 Å². The van der Waals surface area contributed by atoms with Gasteiger partial charge in [-0.25, -0.2) is 9.78 Å². The summed E-state index contributed by atoms with van der Waals surface area (Å²) in [6.45, 7) is 0.0286. The molecule has 0 radical (unpaired) electrons. The van der Waals surface area contributed by atoms with Gasteiger partial charge in [0.05, 0.1) is 12.7 Å². The number of hydrogen-bond donors (Lipinski definition) is 0. The predicted molar refractivity (Wildman–Crippen MR) is 113 cm³/mol. The number of carbonyl (C=O) groups excluding carboxylic acids is 1. The van der Waals surface area contributed by atoms with Crippen molar-refractivity contribution in [3.63, 3.8) is 0 Å². The quantitative estimate of drug-likeness (QED) is 0.555. The fourth-order valence-corrected chi connectivity index (χ4v) is 4.31. The molecule has 4 rings (SSSR count). The van der Waals surface area contributed by atoms with Crippen molar-refractivity contribution in [1.29, 1.82) is 0 Å². The first-order valence-electron chi connectivity index (χ1n) is 10.8. The molecule has 2 aromatic heterocycles. The third kappa shape index (κ3) is 3.71. The number of rotatable bonds is 4. The zero-order chi connectivity index (χ0) is 22.2. The Balaban J connectivity index is 1.47. The van der Waals surface area contributed by atoms with Gasteiger partial charge in [-0.05, 0) is 77.6 Å². The van der Waals surface area contributed by atoms with E-state index < -0.39 is 6.98 Å². The molecule has 28 heavy (non-hydrogen) atoms. The van der Waals surface area contributed by atoms with Gasteiger partial charge in [0.25, 0.3) is 0 Å². The average Bonchev–Trinajstić information content (AvgIpc) is 3.13. The van der Waals surface area contributed by atoms with E-state index >= 15 is 0 Å². The number of carbonyl (C=O) groups is 1. The van der Waals surface area contributed by atoms with Crippen molar-refractivity contribution in [3.05, 3.63) is 63.9 Å². The van der Waals surface area contributed by atoms with Gasteiger partial charge in [-0.3, -0.25) is 4.90 Å². The van der Waals surface area contributed by atoms with E-state index in [1.54, 1.807) is 6.20 Å². The van der Waals surface area contributed by atoms with Crippen molar-refractivity contribution in [2.45, 2.75) is 25.3 Å². The lowest BCUT2D eigenvalue weighted by Gasteiger charge is -2.32. The Morgan fingerprint density at radius 3 is 2.71 bits per heavy atom. The fourth-order valence-electron chi connectivity index (χ4n) is 3.90. The fraction of sp³-hybridized carbons (Fsp3) is 0.364. The third-order valence-corrected chi connectivity index (χ3v) is 6.19. The van der Waals surface area contributed by atoms with Gasteiger partial charge in [0.1, 0.15) is 5.65 Å². The van der Waals surface area contributed by atoms with E-state index in [1.807, 2.05) is 36.4 Å². The van der Waals surface area contributed by atoms with Crippen molar-refractivity contribution in [2.24, 2.45) is 6.98 Å². The smallest absolute Gasteiger partial charge is 0.337 e. The SMILES string of the molecule is [2H]C([2H])([2H])n1c(CN2CCC(c3ccc(C(=O)OC)cc3)CC2)cc2c(Br)ccnc21. The lowest BCUT2D eigenvalue weighted by molar-refractivity contribution is 0.0600. The monoisotopic (exact) mass is 444 g/mol. The van der Waals surface area contributed by atoms with Crippen LogP contribution in [0.25, 0.3) is 11.0 Å². The molecule has 3 aromatic rings. The normalized spacial score (nSPS) is 17.9. The van der Waals surface area contributed by atoms with E-state index in [0.29, 0.717) is 23.7 Å². The summed E-state index contributed by atoms with van der Waals surface area (Å²) in [7, 11) is 1.38. The molecule has 1 aromatic carbocycles. The molecule has 3 heterocycles. The molecule has 0 aliphatic carbocycles. The van der Waals surface area contributed by atoms with Crippen LogP contribution in [0.1, 0.15) is 44.5 Å². The first kappa shape index (κ1) is 15.7. The Bertz CT molecular complexity index is 1090. The van der Waals surface area contributed by atoms with E-state index in [0.717, 1.165) is 41.5 Å². The molecular formula is C22H24BrN3O2. The van der Waals surface area contributed by atoms with Gasteiger partial charge in [-0.15, -0.1) is 0 Å². The second-order valence-corrected chi connectivity index (χ2v) is 8.02. The molecule has 1 saturated heterocycles. The lowest BCUT2D eigenvalue weighted by Crippen LogP contribution is -2.33. The summed E-state index contributed by atoms with van der Waals surface area (Å²) in [4.78, 5) is 18.2. The van der Waals surface area contributed by atoms with Crippen LogP contribution in [0.3, 0.4) is 0 Å². The number of aryl methyl sites for hydroxylation is 1. The number of benzene rings is 1. The van der Waals surface area contributed by atoms with Gasteiger partial charge in [-0.1, -0.05) is 12.1 Å². The number of esters is 1. The first-order chi connectivity index (χ1) is 14.8. The number of nitrogens with zero attached hydrogens (tertiary/aromatic N) is 3. The first-order valence-corrected chi connectivity index (χ1v) is 10.1.